The van der Waals surface area contributed by atoms with E-state index in [2.05, 4.69) is 20.7 Å². The fraction of sp³-hybridized carbons (Fsp3) is 0.222. The Bertz CT molecular complexity index is 436. The molecule has 0 aliphatic carbocycles. The molecule has 0 aliphatic rings. The van der Waals surface area contributed by atoms with Gasteiger partial charge in [-0.05, 0) is 15.9 Å². The molecule has 0 aromatic heterocycles. The van der Waals surface area contributed by atoms with E-state index in [4.69, 9.17) is 10.2 Å². The molecular formula is C9H7BrF2O4. The number of hydrogen-bond donors (Lipinski definition) is 2. The Morgan fingerprint density at radius 1 is 1.56 bits per heavy atom. The van der Waals surface area contributed by atoms with Crippen molar-refractivity contribution in [2.75, 3.05) is 7.11 Å². The largest absolute Gasteiger partial charge is 0.495 e. The number of carboxylic acids is 1. The van der Waals surface area contributed by atoms with Crippen LogP contribution in [0.3, 0.4) is 0 Å². The van der Waals surface area contributed by atoms with Crippen LogP contribution in [0.1, 0.15) is 11.7 Å². The number of methoxy groups -OCH3 is 1. The zero-order valence-corrected chi connectivity index (χ0v) is 9.59. The normalized spacial score (nSPS) is 12.3. The van der Waals surface area contributed by atoms with E-state index in [1.54, 1.807) is 0 Å². The second-order valence-electron chi connectivity index (χ2n) is 2.84. The van der Waals surface area contributed by atoms with E-state index in [0.29, 0.717) is 0 Å². The highest BCUT2D eigenvalue weighted by molar-refractivity contribution is 9.10. The minimum absolute atomic E-state index is 0.128. The quantitative estimate of drug-likeness (QED) is 0.836. The number of ether oxygens (including phenoxy) is 1. The minimum atomic E-state index is -2.26. The summed E-state index contributed by atoms with van der Waals surface area (Å²) in [5, 5.41) is 17.6. The Morgan fingerprint density at radius 2 is 2.12 bits per heavy atom. The van der Waals surface area contributed by atoms with Crippen molar-refractivity contribution in [2.45, 2.75) is 6.10 Å². The molecule has 7 heteroatoms. The molecule has 1 rings (SSSR count). The lowest BCUT2D eigenvalue weighted by Crippen LogP contribution is -2.15. The van der Waals surface area contributed by atoms with Gasteiger partial charge in [-0.1, -0.05) is 0 Å². The molecule has 0 saturated heterocycles. The predicted octanol–water partition coefficient (Wildman–Crippen LogP) is 1.85. The molecule has 88 valence electrons. The van der Waals surface area contributed by atoms with E-state index < -0.39 is 29.3 Å². The molecule has 0 bridgehead atoms. The Hall–Kier alpha value is -1.21. The Morgan fingerprint density at radius 3 is 2.56 bits per heavy atom. The van der Waals surface area contributed by atoms with Crippen molar-refractivity contribution in [3.8, 4) is 5.75 Å². The summed E-state index contributed by atoms with van der Waals surface area (Å²) in [5.41, 5.74) is -0.930. The van der Waals surface area contributed by atoms with Crippen molar-refractivity contribution in [1.82, 2.24) is 0 Å². The first kappa shape index (κ1) is 12.9. The summed E-state index contributed by atoms with van der Waals surface area (Å²) in [6, 6.07) is 0.786. The first-order valence-corrected chi connectivity index (χ1v) is 4.81. The average molecular weight is 297 g/mol. The molecule has 0 radical (unpaired) electrons. The van der Waals surface area contributed by atoms with Crippen molar-refractivity contribution in [2.24, 2.45) is 0 Å². The monoisotopic (exact) mass is 296 g/mol. The van der Waals surface area contributed by atoms with Crippen molar-refractivity contribution >= 4 is 21.9 Å². The topological polar surface area (TPSA) is 66.8 Å². The van der Waals surface area contributed by atoms with Gasteiger partial charge in [-0.3, -0.25) is 0 Å². The van der Waals surface area contributed by atoms with Gasteiger partial charge in [0.05, 0.1) is 17.1 Å². The smallest absolute Gasteiger partial charge is 0.337 e. The third-order valence-electron chi connectivity index (χ3n) is 1.89. The van der Waals surface area contributed by atoms with Gasteiger partial charge in [0.1, 0.15) is 17.4 Å². The van der Waals surface area contributed by atoms with Gasteiger partial charge in [0.15, 0.2) is 6.10 Å². The second kappa shape index (κ2) is 4.75. The molecule has 2 N–H and O–H groups in total. The van der Waals surface area contributed by atoms with Crippen molar-refractivity contribution < 1.29 is 28.5 Å². The highest BCUT2D eigenvalue weighted by atomic mass is 79.9. The molecule has 1 atom stereocenters. The summed E-state index contributed by atoms with van der Waals surface area (Å²) < 4.78 is 31.3. The number of carbonyl (C=O) groups is 1. The van der Waals surface area contributed by atoms with Gasteiger partial charge in [0.2, 0.25) is 0 Å². The van der Waals surface area contributed by atoms with E-state index in [1.807, 2.05) is 0 Å². The van der Waals surface area contributed by atoms with Crippen LogP contribution in [0.25, 0.3) is 0 Å². The fourth-order valence-corrected chi connectivity index (χ4v) is 1.60. The summed E-state index contributed by atoms with van der Waals surface area (Å²) in [4.78, 5) is 10.4. The fourth-order valence-electron chi connectivity index (χ4n) is 1.11. The van der Waals surface area contributed by atoms with Crippen LogP contribution in [0.2, 0.25) is 0 Å². The predicted molar refractivity (Wildman–Crippen MR) is 53.2 cm³/mol. The summed E-state index contributed by atoms with van der Waals surface area (Å²) in [6.45, 7) is 0. The third-order valence-corrected chi connectivity index (χ3v) is 2.63. The highest BCUT2D eigenvalue weighted by Gasteiger charge is 2.27. The van der Waals surface area contributed by atoms with E-state index in [-0.39, 0.29) is 10.2 Å². The molecule has 0 aliphatic heterocycles. The van der Waals surface area contributed by atoms with Crippen molar-refractivity contribution in [3.05, 3.63) is 27.7 Å². The van der Waals surface area contributed by atoms with E-state index >= 15 is 0 Å². The van der Waals surface area contributed by atoms with Crippen LogP contribution in [-0.2, 0) is 4.79 Å². The van der Waals surface area contributed by atoms with Crippen LogP contribution in [0, 0.1) is 11.6 Å². The summed E-state index contributed by atoms with van der Waals surface area (Å²) in [5.74, 6) is -4.26. The number of halogens is 3. The molecule has 1 aromatic rings. The third kappa shape index (κ3) is 2.14. The van der Waals surface area contributed by atoms with Crippen LogP contribution in [0.5, 0.6) is 5.75 Å². The zero-order valence-electron chi connectivity index (χ0n) is 8.00. The number of aliphatic carboxylic acids is 1. The zero-order chi connectivity index (χ0) is 12.5. The van der Waals surface area contributed by atoms with Crippen LogP contribution < -0.4 is 4.74 Å². The maximum absolute atomic E-state index is 13.5. The Kier molecular flexibility index (Phi) is 3.82. The Labute approximate surface area is 97.6 Å². The molecule has 0 spiro atoms. The van der Waals surface area contributed by atoms with Crippen LogP contribution in [0.4, 0.5) is 8.78 Å². The van der Waals surface area contributed by atoms with Gasteiger partial charge in [-0.2, -0.15) is 0 Å². The lowest BCUT2D eigenvalue weighted by Gasteiger charge is -2.12. The van der Waals surface area contributed by atoms with E-state index in [9.17, 15) is 13.6 Å². The molecule has 4 nitrogen and oxygen atoms in total. The molecule has 1 aromatic carbocycles. The van der Waals surface area contributed by atoms with E-state index in [1.165, 1.54) is 7.11 Å². The first-order valence-electron chi connectivity index (χ1n) is 4.02. The minimum Gasteiger partial charge on any atom is -0.495 e. The van der Waals surface area contributed by atoms with Crippen molar-refractivity contribution in [1.29, 1.82) is 0 Å². The average Bonchev–Trinajstić information content (AvgIpc) is 2.23. The summed E-state index contributed by atoms with van der Waals surface area (Å²) in [7, 11) is 1.20. The molecule has 0 heterocycles. The lowest BCUT2D eigenvalue weighted by molar-refractivity contribution is -0.147. The number of carboxylic acid groups (broad SMARTS) is 1. The number of aliphatic hydroxyl groups is 1. The molecule has 0 amide bonds. The molecule has 16 heavy (non-hydrogen) atoms. The van der Waals surface area contributed by atoms with Crippen LogP contribution in [0.15, 0.2) is 10.5 Å². The standard InChI is InChI=1S/C9H7BrF2O4/c1-16-4-2-3(11)5(7(12)6(4)10)8(13)9(14)15/h2,8,13H,1H3,(H,14,15). The maximum Gasteiger partial charge on any atom is 0.337 e. The molecule has 1 unspecified atom stereocenters. The van der Waals surface area contributed by atoms with Gasteiger partial charge < -0.3 is 14.9 Å². The van der Waals surface area contributed by atoms with Crippen LogP contribution in [-0.4, -0.2) is 23.3 Å². The van der Waals surface area contributed by atoms with E-state index in [0.717, 1.165) is 6.07 Å². The molecule has 0 saturated carbocycles. The highest BCUT2D eigenvalue weighted by Crippen LogP contribution is 2.34. The second-order valence-corrected chi connectivity index (χ2v) is 3.64. The first-order chi connectivity index (χ1) is 7.40. The Balaban J connectivity index is 3.41. The lowest BCUT2D eigenvalue weighted by atomic mass is 10.1. The maximum atomic E-state index is 13.5. The number of benzene rings is 1. The van der Waals surface area contributed by atoms with Crippen molar-refractivity contribution in [3.63, 3.8) is 0 Å². The number of hydrogen-bond acceptors (Lipinski definition) is 3. The van der Waals surface area contributed by atoms with Gasteiger partial charge in [-0.15, -0.1) is 0 Å². The number of aliphatic hydroxyl groups excluding tert-OH is 1. The summed E-state index contributed by atoms with van der Waals surface area (Å²) >= 11 is 2.77. The molecular weight excluding hydrogens is 290 g/mol. The van der Waals surface area contributed by atoms with Gasteiger partial charge >= 0.3 is 5.97 Å². The molecule has 0 fully saturated rings. The van der Waals surface area contributed by atoms with Crippen LogP contribution >= 0.6 is 15.9 Å². The number of rotatable bonds is 3. The van der Waals surface area contributed by atoms with Gasteiger partial charge in [-0.25, -0.2) is 13.6 Å². The van der Waals surface area contributed by atoms with Gasteiger partial charge in [0, 0.05) is 6.07 Å². The SMILES string of the molecule is COc1cc(F)c(C(O)C(=O)O)c(F)c1Br. The van der Waals surface area contributed by atoms with Gasteiger partial charge in [0.25, 0.3) is 0 Å². The summed E-state index contributed by atoms with van der Waals surface area (Å²) in [6.07, 6.45) is -2.26.